The minimum atomic E-state index is 0.845. The molecule has 0 saturated carbocycles. The van der Waals surface area contributed by atoms with Crippen molar-refractivity contribution in [3.63, 3.8) is 0 Å². The van der Waals surface area contributed by atoms with Crippen molar-refractivity contribution in [1.82, 2.24) is 10.2 Å². The van der Waals surface area contributed by atoms with Crippen LogP contribution in [0.1, 0.15) is 24.0 Å². The van der Waals surface area contributed by atoms with Crippen LogP contribution < -0.4 is 5.32 Å². The molecular formula is C13H22N2S. The van der Waals surface area contributed by atoms with Gasteiger partial charge in [0.05, 0.1) is 0 Å². The molecule has 1 atom stereocenters. The number of rotatable bonds is 4. The molecule has 1 aliphatic rings. The molecule has 0 bridgehead atoms. The highest BCUT2D eigenvalue weighted by Gasteiger charge is 2.16. The maximum absolute atomic E-state index is 3.60. The van der Waals surface area contributed by atoms with Crippen molar-refractivity contribution in [3.05, 3.63) is 21.9 Å². The second-order valence-corrected chi connectivity index (χ2v) is 5.73. The molecular weight excluding hydrogens is 216 g/mol. The normalized spacial score (nSPS) is 22.5. The van der Waals surface area contributed by atoms with E-state index in [4.69, 9.17) is 0 Å². The summed E-state index contributed by atoms with van der Waals surface area (Å²) in [5.41, 5.74) is 2.90. The summed E-state index contributed by atoms with van der Waals surface area (Å²) in [6.45, 7) is 6.94. The Morgan fingerprint density at radius 3 is 3.06 bits per heavy atom. The molecule has 0 spiro atoms. The SMILES string of the molecule is Cc1cscc1CNCC1CCCN(C)C1. The molecule has 1 aromatic heterocycles. The van der Waals surface area contributed by atoms with Crippen LogP contribution in [0.3, 0.4) is 0 Å². The summed E-state index contributed by atoms with van der Waals surface area (Å²) in [6.07, 6.45) is 2.75. The molecule has 1 fully saturated rings. The second kappa shape index (κ2) is 5.80. The first-order valence-corrected chi connectivity index (χ1v) is 7.11. The van der Waals surface area contributed by atoms with Crippen molar-refractivity contribution >= 4 is 11.3 Å². The fraction of sp³-hybridized carbons (Fsp3) is 0.692. The Labute approximate surface area is 103 Å². The van der Waals surface area contributed by atoms with Gasteiger partial charge in [-0.1, -0.05) is 0 Å². The molecule has 1 aromatic rings. The molecule has 1 aliphatic heterocycles. The van der Waals surface area contributed by atoms with Gasteiger partial charge in [0, 0.05) is 13.1 Å². The summed E-state index contributed by atoms with van der Waals surface area (Å²) in [7, 11) is 2.23. The zero-order valence-electron chi connectivity index (χ0n) is 10.3. The van der Waals surface area contributed by atoms with Crippen LogP contribution in [0, 0.1) is 12.8 Å². The van der Waals surface area contributed by atoms with Crippen LogP contribution in [0.15, 0.2) is 10.8 Å². The van der Waals surface area contributed by atoms with Gasteiger partial charge < -0.3 is 10.2 Å². The molecule has 2 nitrogen and oxygen atoms in total. The third kappa shape index (κ3) is 3.30. The zero-order valence-corrected chi connectivity index (χ0v) is 11.1. The van der Waals surface area contributed by atoms with Gasteiger partial charge in [0.1, 0.15) is 0 Å². The number of nitrogens with zero attached hydrogens (tertiary/aromatic N) is 1. The Kier molecular flexibility index (Phi) is 4.38. The molecule has 90 valence electrons. The molecule has 16 heavy (non-hydrogen) atoms. The monoisotopic (exact) mass is 238 g/mol. The molecule has 2 rings (SSSR count). The van der Waals surface area contributed by atoms with Crippen LogP contribution in [0.25, 0.3) is 0 Å². The van der Waals surface area contributed by atoms with Gasteiger partial charge in [0.15, 0.2) is 0 Å². The lowest BCUT2D eigenvalue weighted by Crippen LogP contribution is -2.37. The Bertz CT molecular complexity index is 321. The smallest absolute Gasteiger partial charge is 0.0216 e. The Balaban J connectivity index is 1.70. The Hall–Kier alpha value is -0.380. The van der Waals surface area contributed by atoms with Crippen molar-refractivity contribution in [3.8, 4) is 0 Å². The van der Waals surface area contributed by atoms with Gasteiger partial charge in [-0.05, 0) is 67.7 Å². The van der Waals surface area contributed by atoms with Gasteiger partial charge in [-0.25, -0.2) is 0 Å². The van der Waals surface area contributed by atoms with Crippen molar-refractivity contribution < 1.29 is 0 Å². The first-order valence-electron chi connectivity index (χ1n) is 6.16. The van der Waals surface area contributed by atoms with E-state index in [1.165, 1.54) is 43.6 Å². The van der Waals surface area contributed by atoms with E-state index in [0.29, 0.717) is 0 Å². The van der Waals surface area contributed by atoms with Crippen LogP contribution in [0.2, 0.25) is 0 Å². The lowest BCUT2D eigenvalue weighted by Gasteiger charge is -2.29. The lowest BCUT2D eigenvalue weighted by molar-refractivity contribution is 0.206. The fourth-order valence-corrected chi connectivity index (χ4v) is 3.28. The highest BCUT2D eigenvalue weighted by Crippen LogP contribution is 2.15. The third-order valence-corrected chi connectivity index (χ3v) is 4.34. The molecule has 1 unspecified atom stereocenters. The van der Waals surface area contributed by atoms with E-state index in [1.807, 2.05) is 0 Å². The van der Waals surface area contributed by atoms with Crippen LogP contribution in [-0.4, -0.2) is 31.6 Å². The maximum Gasteiger partial charge on any atom is 0.0216 e. The first-order chi connectivity index (χ1) is 7.75. The number of piperidine rings is 1. The average Bonchev–Trinajstić information content (AvgIpc) is 2.65. The summed E-state index contributed by atoms with van der Waals surface area (Å²) in [4.78, 5) is 2.45. The van der Waals surface area contributed by atoms with E-state index in [1.54, 1.807) is 11.3 Å². The maximum atomic E-state index is 3.60. The van der Waals surface area contributed by atoms with E-state index in [9.17, 15) is 0 Å². The number of hydrogen-bond donors (Lipinski definition) is 1. The van der Waals surface area contributed by atoms with Crippen molar-refractivity contribution in [2.24, 2.45) is 5.92 Å². The topological polar surface area (TPSA) is 15.3 Å². The molecule has 3 heteroatoms. The van der Waals surface area contributed by atoms with E-state index in [-0.39, 0.29) is 0 Å². The Morgan fingerprint density at radius 1 is 1.50 bits per heavy atom. The summed E-state index contributed by atoms with van der Waals surface area (Å²) >= 11 is 1.80. The van der Waals surface area contributed by atoms with Crippen LogP contribution in [-0.2, 0) is 6.54 Å². The molecule has 0 aliphatic carbocycles. The van der Waals surface area contributed by atoms with Gasteiger partial charge in [0.25, 0.3) is 0 Å². The summed E-state index contributed by atoms with van der Waals surface area (Å²) in [5.74, 6) is 0.845. The largest absolute Gasteiger partial charge is 0.312 e. The highest BCUT2D eigenvalue weighted by molar-refractivity contribution is 7.08. The third-order valence-electron chi connectivity index (χ3n) is 3.43. The van der Waals surface area contributed by atoms with Gasteiger partial charge in [-0.15, -0.1) is 0 Å². The highest BCUT2D eigenvalue weighted by atomic mass is 32.1. The van der Waals surface area contributed by atoms with Crippen LogP contribution >= 0.6 is 11.3 Å². The number of nitrogens with one attached hydrogen (secondary N) is 1. The van der Waals surface area contributed by atoms with Crippen LogP contribution in [0.5, 0.6) is 0 Å². The van der Waals surface area contributed by atoms with Crippen molar-refractivity contribution in [2.75, 3.05) is 26.7 Å². The Morgan fingerprint density at radius 2 is 2.38 bits per heavy atom. The number of likely N-dealkylation sites (tertiary alicyclic amines) is 1. The van der Waals surface area contributed by atoms with Crippen molar-refractivity contribution in [1.29, 1.82) is 0 Å². The van der Waals surface area contributed by atoms with E-state index in [0.717, 1.165) is 12.5 Å². The predicted octanol–water partition coefficient (Wildman–Crippen LogP) is 2.49. The molecule has 0 aromatic carbocycles. The van der Waals surface area contributed by atoms with Gasteiger partial charge in [-0.2, -0.15) is 11.3 Å². The van der Waals surface area contributed by atoms with E-state index >= 15 is 0 Å². The van der Waals surface area contributed by atoms with E-state index in [2.05, 4.69) is 34.9 Å². The summed E-state index contributed by atoms with van der Waals surface area (Å²) < 4.78 is 0. The molecule has 1 saturated heterocycles. The molecule has 1 N–H and O–H groups in total. The molecule has 0 amide bonds. The standard InChI is InChI=1S/C13H22N2S/c1-11-9-16-10-13(11)7-14-6-12-4-3-5-15(2)8-12/h9-10,12,14H,3-8H2,1-2H3. The lowest BCUT2D eigenvalue weighted by atomic mass is 9.98. The number of hydrogen-bond acceptors (Lipinski definition) is 3. The van der Waals surface area contributed by atoms with Gasteiger partial charge in [0.2, 0.25) is 0 Å². The first kappa shape index (κ1) is 12.1. The zero-order chi connectivity index (χ0) is 11.4. The van der Waals surface area contributed by atoms with Crippen LogP contribution in [0.4, 0.5) is 0 Å². The summed E-state index contributed by atoms with van der Waals surface area (Å²) in [5, 5.41) is 8.09. The molecule has 2 heterocycles. The van der Waals surface area contributed by atoms with Crippen molar-refractivity contribution in [2.45, 2.75) is 26.3 Å². The predicted molar refractivity (Wildman–Crippen MR) is 71.0 cm³/mol. The summed E-state index contributed by atoms with van der Waals surface area (Å²) in [6, 6.07) is 0. The average molecular weight is 238 g/mol. The second-order valence-electron chi connectivity index (χ2n) is 4.98. The minimum absolute atomic E-state index is 0.845. The number of thiophene rings is 1. The van der Waals surface area contributed by atoms with Gasteiger partial charge >= 0.3 is 0 Å². The molecule has 0 radical (unpaired) electrons. The quantitative estimate of drug-likeness (QED) is 0.867. The fourth-order valence-electron chi connectivity index (χ4n) is 2.42. The minimum Gasteiger partial charge on any atom is -0.312 e. The van der Waals surface area contributed by atoms with Gasteiger partial charge in [-0.3, -0.25) is 0 Å². The van der Waals surface area contributed by atoms with E-state index < -0.39 is 0 Å². The number of aryl methyl sites for hydroxylation is 1.